The van der Waals surface area contributed by atoms with E-state index in [1.807, 2.05) is 0 Å². The van der Waals surface area contributed by atoms with Crippen molar-refractivity contribution in [3.8, 4) is 0 Å². The summed E-state index contributed by atoms with van der Waals surface area (Å²) in [6, 6.07) is 3.26. The van der Waals surface area contributed by atoms with Crippen LogP contribution in [0.25, 0.3) is 0 Å². The van der Waals surface area contributed by atoms with Crippen LogP contribution < -0.4 is 11.1 Å². The third kappa shape index (κ3) is 3.05. The molecular formula is C11H8Br2N4O. The van der Waals surface area contributed by atoms with Crippen molar-refractivity contribution >= 4 is 49.3 Å². The van der Waals surface area contributed by atoms with Gasteiger partial charge in [0.1, 0.15) is 5.82 Å². The maximum atomic E-state index is 12.0. The summed E-state index contributed by atoms with van der Waals surface area (Å²) in [6.45, 7) is 0. The van der Waals surface area contributed by atoms with Crippen molar-refractivity contribution in [1.29, 1.82) is 0 Å². The molecule has 3 N–H and O–H groups in total. The molecule has 0 unspecified atom stereocenters. The molecule has 2 heterocycles. The van der Waals surface area contributed by atoms with Gasteiger partial charge in [-0.15, -0.1) is 0 Å². The van der Waals surface area contributed by atoms with Crippen molar-refractivity contribution < 1.29 is 4.79 Å². The maximum absolute atomic E-state index is 12.0. The van der Waals surface area contributed by atoms with Crippen LogP contribution in [0.1, 0.15) is 10.4 Å². The molecule has 0 saturated carbocycles. The number of anilines is 2. The van der Waals surface area contributed by atoms with Gasteiger partial charge >= 0.3 is 0 Å². The van der Waals surface area contributed by atoms with Crippen LogP contribution in [-0.4, -0.2) is 15.9 Å². The smallest absolute Gasteiger partial charge is 0.257 e. The van der Waals surface area contributed by atoms with Crippen molar-refractivity contribution in [2.75, 3.05) is 11.1 Å². The Morgan fingerprint density at radius 1 is 1.22 bits per heavy atom. The minimum absolute atomic E-state index is 0.282. The highest BCUT2D eigenvalue weighted by atomic mass is 79.9. The molecular weight excluding hydrogens is 364 g/mol. The number of nitrogens with two attached hydrogens (primary N) is 1. The zero-order valence-corrected chi connectivity index (χ0v) is 12.2. The van der Waals surface area contributed by atoms with E-state index in [-0.39, 0.29) is 11.7 Å². The summed E-state index contributed by atoms with van der Waals surface area (Å²) >= 11 is 6.54. The van der Waals surface area contributed by atoms with Gasteiger partial charge in [-0.25, -0.2) is 4.98 Å². The lowest BCUT2D eigenvalue weighted by atomic mass is 10.2. The molecule has 2 rings (SSSR count). The van der Waals surface area contributed by atoms with Gasteiger partial charge < -0.3 is 11.1 Å². The largest absolute Gasteiger partial charge is 0.384 e. The molecule has 0 aliphatic rings. The van der Waals surface area contributed by atoms with E-state index < -0.39 is 0 Å². The van der Waals surface area contributed by atoms with Gasteiger partial charge in [0.15, 0.2) is 0 Å². The molecule has 1 amide bonds. The molecule has 7 heteroatoms. The quantitative estimate of drug-likeness (QED) is 0.850. The minimum Gasteiger partial charge on any atom is -0.384 e. The van der Waals surface area contributed by atoms with Gasteiger partial charge in [0.25, 0.3) is 5.91 Å². The third-order valence-electron chi connectivity index (χ3n) is 2.08. The lowest BCUT2D eigenvalue weighted by Crippen LogP contribution is -2.13. The molecule has 2 aromatic heterocycles. The number of hydrogen-bond acceptors (Lipinski definition) is 4. The second-order valence-corrected chi connectivity index (χ2v) is 5.20. The van der Waals surface area contributed by atoms with Crippen LogP contribution in [0, 0.1) is 0 Å². The van der Waals surface area contributed by atoms with Crippen molar-refractivity contribution in [2.45, 2.75) is 0 Å². The number of carbonyl (C=O) groups excluding carboxylic acids is 1. The first-order valence-corrected chi connectivity index (χ1v) is 6.48. The molecule has 0 aliphatic heterocycles. The average Bonchev–Trinajstić information content (AvgIpc) is 2.32. The number of halogens is 2. The summed E-state index contributed by atoms with van der Waals surface area (Å²) in [5.74, 6) is 0.00610. The molecule has 2 aromatic rings. The fourth-order valence-corrected chi connectivity index (χ4v) is 2.07. The molecule has 0 aromatic carbocycles. The van der Waals surface area contributed by atoms with Crippen molar-refractivity contribution in [1.82, 2.24) is 9.97 Å². The Morgan fingerprint density at radius 2 is 2.00 bits per heavy atom. The number of nitrogens with one attached hydrogen (secondary N) is 1. The van der Waals surface area contributed by atoms with E-state index in [0.717, 1.165) is 4.47 Å². The van der Waals surface area contributed by atoms with E-state index in [1.165, 1.54) is 12.3 Å². The van der Waals surface area contributed by atoms with Gasteiger partial charge in [-0.05, 0) is 44.0 Å². The Morgan fingerprint density at radius 3 is 2.72 bits per heavy atom. The predicted molar refractivity (Wildman–Crippen MR) is 76.2 cm³/mol. The minimum atomic E-state index is -0.282. The number of hydrogen-bond donors (Lipinski definition) is 2. The van der Waals surface area contributed by atoms with E-state index >= 15 is 0 Å². The Kier molecular flexibility index (Phi) is 3.93. The fraction of sp³-hybridized carbons (Fsp3) is 0. The van der Waals surface area contributed by atoms with Gasteiger partial charge in [0, 0.05) is 21.3 Å². The van der Waals surface area contributed by atoms with Gasteiger partial charge in [0.05, 0.1) is 17.4 Å². The highest BCUT2D eigenvalue weighted by Crippen LogP contribution is 2.20. The summed E-state index contributed by atoms with van der Waals surface area (Å²) in [7, 11) is 0. The number of amides is 1. The molecule has 0 radical (unpaired) electrons. The van der Waals surface area contributed by atoms with E-state index in [2.05, 4.69) is 47.1 Å². The molecule has 0 bridgehead atoms. The normalized spacial score (nSPS) is 10.1. The highest BCUT2D eigenvalue weighted by molar-refractivity contribution is 9.10. The topological polar surface area (TPSA) is 80.9 Å². The number of carbonyl (C=O) groups is 1. The van der Waals surface area contributed by atoms with Crippen molar-refractivity contribution in [3.63, 3.8) is 0 Å². The molecule has 0 aliphatic carbocycles. The lowest BCUT2D eigenvalue weighted by molar-refractivity contribution is 0.102. The molecule has 0 spiro atoms. The first-order chi connectivity index (χ1) is 8.56. The molecule has 0 saturated heterocycles. The van der Waals surface area contributed by atoms with Crippen LogP contribution in [0.4, 0.5) is 11.5 Å². The highest BCUT2D eigenvalue weighted by Gasteiger charge is 2.11. The zero-order chi connectivity index (χ0) is 13.1. The van der Waals surface area contributed by atoms with Crippen LogP contribution in [0.15, 0.2) is 39.7 Å². The van der Waals surface area contributed by atoms with Crippen LogP contribution in [-0.2, 0) is 0 Å². The molecule has 92 valence electrons. The van der Waals surface area contributed by atoms with Gasteiger partial charge in [0.2, 0.25) is 0 Å². The maximum Gasteiger partial charge on any atom is 0.257 e. The van der Waals surface area contributed by atoms with Crippen LogP contribution >= 0.6 is 31.9 Å². The summed E-state index contributed by atoms with van der Waals surface area (Å²) in [4.78, 5) is 19.9. The van der Waals surface area contributed by atoms with E-state index in [1.54, 1.807) is 18.5 Å². The predicted octanol–water partition coefficient (Wildman–Crippen LogP) is 2.84. The molecule has 5 nitrogen and oxygen atoms in total. The zero-order valence-electron chi connectivity index (χ0n) is 9.02. The summed E-state index contributed by atoms with van der Waals surface area (Å²) < 4.78 is 1.37. The second kappa shape index (κ2) is 5.45. The number of nitrogens with zero attached hydrogens (tertiary/aromatic N) is 2. The van der Waals surface area contributed by atoms with Gasteiger partial charge in [-0.1, -0.05) is 0 Å². The standard InChI is InChI=1S/C11H8Br2N4O/c12-6-1-7(4-15-3-6)17-11(18)8-2-10(14)16-5-9(8)13/h1-5H,(H2,14,16)(H,17,18). The Balaban J connectivity index is 2.24. The molecule has 0 fully saturated rings. The van der Waals surface area contributed by atoms with Gasteiger partial charge in [-0.3, -0.25) is 9.78 Å². The summed E-state index contributed by atoms with van der Waals surface area (Å²) in [5, 5.41) is 2.72. The van der Waals surface area contributed by atoms with E-state index in [4.69, 9.17) is 5.73 Å². The first kappa shape index (κ1) is 13.0. The SMILES string of the molecule is Nc1cc(C(=O)Nc2cncc(Br)c2)c(Br)cn1. The molecule has 18 heavy (non-hydrogen) atoms. The Bertz CT molecular complexity index is 603. The van der Waals surface area contributed by atoms with E-state index in [9.17, 15) is 4.79 Å². The van der Waals surface area contributed by atoms with Crippen LogP contribution in [0.3, 0.4) is 0 Å². The summed E-state index contributed by atoms with van der Waals surface area (Å²) in [5.41, 5.74) is 6.56. The monoisotopic (exact) mass is 370 g/mol. The third-order valence-corrected chi connectivity index (χ3v) is 3.15. The van der Waals surface area contributed by atoms with Gasteiger partial charge in [-0.2, -0.15) is 0 Å². The van der Waals surface area contributed by atoms with Crippen LogP contribution in [0.5, 0.6) is 0 Å². The van der Waals surface area contributed by atoms with Crippen molar-refractivity contribution in [2.24, 2.45) is 0 Å². The first-order valence-electron chi connectivity index (χ1n) is 4.89. The number of aromatic nitrogens is 2. The van der Waals surface area contributed by atoms with Crippen molar-refractivity contribution in [3.05, 3.63) is 45.2 Å². The Labute approximate surface area is 120 Å². The van der Waals surface area contributed by atoms with Crippen LogP contribution in [0.2, 0.25) is 0 Å². The summed E-state index contributed by atoms with van der Waals surface area (Å²) in [6.07, 6.45) is 4.68. The second-order valence-electron chi connectivity index (χ2n) is 3.43. The molecule has 0 atom stereocenters. The lowest BCUT2D eigenvalue weighted by Gasteiger charge is -2.07. The fourth-order valence-electron chi connectivity index (χ4n) is 1.31. The number of nitrogen functional groups attached to an aromatic ring is 1. The number of pyridine rings is 2. The Hall–Kier alpha value is -1.47. The van der Waals surface area contributed by atoms with E-state index in [0.29, 0.717) is 15.7 Å². The number of rotatable bonds is 2. The average molecular weight is 372 g/mol.